The molecule has 2 aliphatic heterocycles. The second kappa shape index (κ2) is 11.5. The van der Waals surface area contributed by atoms with E-state index in [0.29, 0.717) is 6.61 Å². The summed E-state index contributed by atoms with van der Waals surface area (Å²) in [5.74, 6) is 0.816. The summed E-state index contributed by atoms with van der Waals surface area (Å²) in [5.41, 5.74) is 0.311. The van der Waals surface area contributed by atoms with Gasteiger partial charge in [-0.2, -0.15) is 0 Å². The zero-order chi connectivity index (χ0) is 24.1. The van der Waals surface area contributed by atoms with Crippen LogP contribution in [0.3, 0.4) is 0 Å². The number of para-hydroxylation sites is 1. The number of hydrogen-bond acceptors (Lipinski definition) is 4. The molecule has 1 aromatic carbocycles. The minimum absolute atomic E-state index is 0.0263. The SMILES string of the molecule is CCC[CH2][Sn]([CH2]CCC)([CH2]CCC)[CH]1C(=O)OC2Oc3ccccc3C21OCC[Si](C)(C)C. The van der Waals surface area contributed by atoms with Crippen molar-refractivity contribution >= 4 is 32.4 Å². The van der Waals surface area contributed by atoms with Gasteiger partial charge in [0.1, 0.15) is 0 Å². The van der Waals surface area contributed by atoms with Crippen molar-refractivity contribution in [2.75, 3.05) is 6.61 Å². The van der Waals surface area contributed by atoms with Gasteiger partial charge in [0.05, 0.1) is 0 Å². The number of fused-ring (bicyclic) bond motifs is 3. The molecule has 0 amide bonds. The van der Waals surface area contributed by atoms with E-state index in [1.807, 2.05) is 12.1 Å². The summed E-state index contributed by atoms with van der Waals surface area (Å²) in [7, 11) is -1.29. The Morgan fingerprint density at radius 1 is 0.939 bits per heavy atom. The fraction of sp³-hybridized carbons (Fsp3) is 0.741. The monoisotopic (exact) mass is 582 g/mol. The van der Waals surface area contributed by atoms with Crippen molar-refractivity contribution in [3.05, 3.63) is 29.8 Å². The molecule has 6 heteroatoms. The molecule has 0 aromatic heterocycles. The summed E-state index contributed by atoms with van der Waals surface area (Å²) in [6.45, 7) is 14.7. The second-order valence-electron chi connectivity index (χ2n) is 11.4. The summed E-state index contributed by atoms with van der Waals surface area (Å²) >= 11 is -3.08. The minimum atomic E-state index is -3.08. The summed E-state index contributed by atoms with van der Waals surface area (Å²) < 4.78 is 23.0. The van der Waals surface area contributed by atoms with Gasteiger partial charge >= 0.3 is 208 Å². The molecular formula is C27H46O4SiSn. The molecule has 1 aromatic rings. The van der Waals surface area contributed by atoms with Gasteiger partial charge < -0.3 is 0 Å². The van der Waals surface area contributed by atoms with Crippen molar-refractivity contribution in [1.29, 1.82) is 0 Å². The number of carbonyl (C=O) groups is 1. The topological polar surface area (TPSA) is 44.8 Å². The average molecular weight is 581 g/mol. The fourth-order valence-corrected chi connectivity index (χ4v) is 25.5. The Bertz CT molecular complexity index is 771. The number of unbranched alkanes of at least 4 members (excludes halogenated alkanes) is 3. The van der Waals surface area contributed by atoms with E-state index >= 15 is 0 Å². The van der Waals surface area contributed by atoms with Gasteiger partial charge in [0.25, 0.3) is 0 Å². The number of hydrogen-bond donors (Lipinski definition) is 0. The van der Waals surface area contributed by atoms with Crippen LogP contribution in [0.25, 0.3) is 0 Å². The van der Waals surface area contributed by atoms with Crippen LogP contribution in [0.5, 0.6) is 5.75 Å². The van der Waals surface area contributed by atoms with Crippen molar-refractivity contribution in [3.63, 3.8) is 0 Å². The van der Waals surface area contributed by atoms with Crippen molar-refractivity contribution in [3.8, 4) is 5.75 Å². The molecule has 0 N–H and O–H groups in total. The van der Waals surface area contributed by atoms with E-state index in [4.69, 9.17) is 14.2 Å². The second-order valence-corrected chi connectivity index (χ2v) is 30.8. The number of benzene rings is 1. The molecular weight excluding hydrogens is 535 g/mol. The standard InChI is InChI=1S/C15H19O4Si.3C4H9.Sn/c1-20(2,3)9-8-17-15-10-13(16)19-14(15)18-12-7-5-4-6-11(12)15;3*1-3-4-2;/h4-7,10,14H,8-9H2,1-3H3;3*1,3-4H2,2H3;. The van der Waals surface area contributed by atoms with E-state index < -0.39 is 38.3 Å². The number of carbonyl (C=O) groups excluding carboxylic acids is 1. The Kier molecular flexibility index (Phi) is 9.40. The number of rotatable bonds is 14. The van der Waals surface area contributed by atoms with Gasteiger partial charge in [-0.15, -0.1) is 0 Å². The first-order chi connectivity index (χ1) is 15.7. The van der Waals surface area contributed by atoms with E-state index in [2.05, 4.69) is 52.5 Å². The van der Waals surface area contributed by atoms with Gasteiger partial charge in [-0.3, -0.25) is 0 Å². The Hall–Kier alpha value is -0.534. The van der Waals surface area contributed by atoms with Gasteiger partial charge in [0.2, 0.25) is 0 Å². The van der Waals surface area contributed by atoms with E-state index in [1.165, 1.54) is 51.8 Å². The maximum atomic E-state index is 13.8. The molecule has 0 saturated carbocycles. The normalized spacial score (nSPS) is 24.4. The molecule has 0 bridgehead atoms. The van der Waals surface area contributed by atoms with Crippen LogP contribution in [0.2, 0.25) is 42.9 Å². The molecule has 186 valence electrons. The van der Waals surface area contributed by atoms with E-state index in [1.54, 1.807) is 0 Å². The average Bonchev–Trinajstić information content (AvgIpc) is 3.22. The predicted octanol–water partition coefficient (Wildman–Crippen LogP) is 7.73. The first kappa shape index (κ1) is 27.1. The molecule has 3 unspecified atom stereocenters. The van der Waals surface area contributed by atoms with Gasteiger partial charge in [-0.25, -0.2) is 0 Å². The third kappa shape index (κ3) is 5.66. The van der Waals surface area contributed by atoms with Crippen molar-refractivity contribution in [2.45, 2.75) is 114 Å². The molecule has 33 heavy (non-hydrogen) atoms. The summed E-state index contributed by atoms with van der Waals surface area (Å²) in [6.07, 6.45) is 6.55. The summed E-state index contributed by atoms with van der Waals surface area (Å²) in [4.78, 5) is 13.8. The third-order valence-electron chi connectivity index (χ3n) is 7.67. The van der Waals surface area contributed by atoms with Gasteiger partial charge in [-0.05, 0) is 0 Å². The van der Waals surface area contributed by atoms with Crippen LogP contribution in [0.15, 0.2) is 24.3 Å². The van der Waals surface area contributed by atoms with Crippen LogP contribution in [0.4, 0.5) is 0 Å². The molecule has 3 rings (SSSR count). The molecule has 0 aliphatic carbocycles. The van der Waals surface area contributed by atoms with E-state index in [9.17, 15) is 4.79 Å². The molecule has 2 aliphatic rings. The van der Waals surface area contributed by atoms with Crippen LogP contribution >= 0.6 is 0 Å². The first-order valence-corrected chi connectivity index (χ1v) is 24.8. The van der Waals surface area contributed by atoms with Gasteiger partial charge in [0.15, 0.2) is 0 Å². The number of ether oxygens (including phenoxy) is 3. The zero-order valence-electron chi connectivity index (χ0n) is 21.9. The molecule has 0 radical (unpaired) electrons. The summed E-state index contributed by atoms with van der Waals surface area (Å²) in [5, 5.41) is 0. The van der Waals surface area contributed by atoms with Crippen LogP contribution in [0, 0.1) is 0 Å². The van der Waals surface area contributed by atoms with Crippen LogP contribution in [-0.4, -0.2) is 45.3 Å². The quantitative estimate of drug-likeness (QED) is 0.167. The molecule has 3 atom stereocenters. The summed E-state index contributed by atoms with van der Waals surface area (Å²) in [6, 6.07) is 9.30. The van der Waals surface area contributed by atoms with Crippen LogP contribution in [-0.2, 0) is 19.9 Å². The molecule has 1 saturated heterocycles. The third-order valence-corrected chi connectivity index (χ3v) is 26.3. The number of esters is 1. The Labute approximate surface area is 207 Å². The van der Waals surface area contributed by atoms with Crippen molar-refractivity contribution in [1.82, 2.24) is 0 Å². The van der Waals surface area contributed by atoms with Crippen molar-refractivity contribution < 1.29 is 19.0 Å². The van der Waals surface area contributed by atoms with Gasteiger partial charge in [0, 0.05) is 0 Å². The van der Waals surface area contributed by atoms with Crippen LogP contribution < -0.4 is 4.74 Å². The molecule has 1 fully saturated rings. The van der Waals surface area contributed by atoms with Crippen LogP contribution in [0.1, 0.15) is 64.9 Å². The first-order valence-electron chi connectivity index (χ1n) is 13.3. The molecule has 4 nitrogen and oxygen atoms in total. The molecule has 2 heterocycles. The fourth-order valence-electron chi connectivity index (χ4n) is 5.83. The van der Waals surface area contributed by atoms with E-state index in [-0.39, 0.29) is 9.90 Å². The maximum absolute atomic E-state index is 13.8. The predicted molar refractivity (Wildman–Crippen MR) is 141 cm³/mol. The molecule has 0 spiro atoms. The Morgan fingerprint density at radius 2 is 1.52 bits per heavy atom. The Balaban J connectivity index is 2.12. The van der Waals surface area contributed by atoms with Crippen molar-refractivity contribution in [2.24, 2.45) is 0 Å². The Morgan fingerprint density at radius 3 is 2.06 bits per heavy atom. The van der Waals surface area contributed by atoms with Gasteiger partial charge in [-0.1, -0.05) is 0 Å². The zero-order valence-corrected chi connectivity index (χ0v) is 25.7. The van der Waals surface area contributed by atoms with E-state index in [0.717, 1.165) is 17.4 Å².